The molecule has 120 valence electrons. The maximum Gasteiger partial charge on any atom is 0.219 e. The molecule has 0 unspecified atom stereocenters. The van der Waals surface area contributed by atoms with Crippen LogP contribution >= 0.6 is 11.8 Å². The van der Waals surface area contributed by atoms with Crippen LogP contribution in [0.1, 0.15) is 38.5 Å². The summed E-state index contributed by atoms with van der Waals surface area (Å²) in [5.41, 5.74) is 0. The lowest BCUT2D eigenvalue weighted by atomic mass is 10.2. The Bertz CT molecular complexity index is 226. The Morgan fingerprint density at radius 2 is 1.85 bits per heavy atom. The summed E-state index contributed by atoms with van der Waals surface area (Å²) in [4.78, 5) is 13.7. The molecule has 0 heterocycles. The van der Waals surface area contributed by atoms with Crippen molar-refractivity contribution in [2.24, 2.45) is 0 Å². The first kappa shape index (κ1) is 19.7. The number of rotatable bonds is 14. The molecule has 1 N–H and O–H groups in total. The first-order valence-electron chi connectivity index (χ1n) is 7.65. The van der Waals surface area contributed by atoms with E-state index in [1.165, 1.54) is 17.9 Å². The molecule has 0 bridgehead atoms. The third-order valence-electron chi connectivity index (χ3n) is 2.93. The van der Waals surface area contributed by atoms with Crippen molar-refractivity contribution in [3.63, 3.8) is 0 Å². The van der Waals surface area contributed by atoms with E-state index in [1.807, 2.05) is 11.8 Å². The molecule has 0 fully saturated rings. The molecule has 0 aromatic rings. The molecule has 0 saturated carbocycles. The number of nitrogens with zero attached hydrogens (tertiary/aromatic N) is 1. The van der Waals surface area contributed by atoms with E-state index in [0.717, 1.165) is 45.4 Å². The zero-order valence-corrected chi connectivity index (χ0v) is 14.3. The van der Waals surface area contributed by atoms with E-state index in [9.17, 15) is 4.79 Å². The van der Waals surface area contributed by atoms with Gasteiger partial charge in [-0.2, -0.15) is 11.8 Å². The summed E-state index contributed by atoms with van der Waals surface area (Å²) in [6.45, 7) is 2.69. The maximum absolute atomic E-state index is 11.6. The van der Waals surface area contributed by atoms with Crippen molar-refractivity contribution in [2.75, 3.05) is 52.4 Å². The van der Waals surface area contributed by atoms with Gasteiger partial charge < -0.3 is 15.0 Å². The highest BCUT2D eigenvalue weighted by atomic mass is 32.2. The Kier molecular flexibility index (Phi) is 14.9. The molecule has 0 radical (unpaired) electrons. The molecule has 0 aliphatic heterocycles. The molecule has 0 aromatic carbocycles. The molecule has 20 heavy (non-hydrogen) atoms. The van der Waals surface area contributed by atoms with Crippen LogP contribution in [-0.4, -0.2) is 63.2 Å². The number of carbonyl (C=O) groups is 1. The smallest absolute Gasteiger partial charge is 0.219 e. The maximum atomic E-state index is 11.6. The predicted molar refractivity (Wildman–Crippen MR) is 88.5 cm³/mol. The summed E-state index contributed by atoms with van der Waals surface area (Å²) in [5.74, 6) is 2.59. The molecule has 1 amide bonds. The molecule has 0 atom stereocenters. The monoisotopic (exact) mass is 304 g/mol. The SMILES string of the molecule is COCCCSCCCCCC(=O)NCCCN(C)C. The number of unbranched alkanes of at least 4 members (excludes halogenated alkanes) is 2. The highest BCUT2D eigenvalue weighted by Gasteiger charge is 2.00. The van der Waals surface area contributed by atoms with Crippen LogP contribution in [0, 0.1) is 0 Å². The second-order valence-corrected chi connectivity index (χ2v) is 6.50. The predicted octanol–water partition coefficient (Wildman–Crippen LogP) is 2.38. The number of carbonyl (C=O) groups excluding carboxylic acids is 1. The van der Waals surface area contributed by atoms with Crippen LogP contribution < -0.4 is 5.32 Å². The van der Waals surface area contributed by atoms with E-state index < -0.39 is 0 Å². The molecule has 5 heteroatoms. The average molecular weight is 305 g/mol. The quantitative estimate of drug-likeness (QED) is 0.500. The molecule has 0 aliphatic carbocycles. The second-order valence-electron chi connectivity index (χ2n) is 5.28. The minimum Gasteiger partial charge on any atom is -0.385 e. The van der Waals surface area contributed by atoms with Gasteiger partial charge in [0.2, 0.25) is 5.91 Å². The first-order valence-corrected chi connectivity index (χ1v) is 8.80. The van der Waals surface area contributed by atoms with Crippen molar-refractivity contribution >= 4 is 17.7 Å². The minimum absolute atomic E-state index is 0.205. The third kappa shape index (κ3) is 15.8. The number of amides is 1. The van der Waals surface area contributed by atoms with Gasteiger partial charge in [0.15, 0.2) is 0 Å². The van der Waals surface area contributed by atoms with Gasteiger partial charge in [-0.15, -0.1) is 0 Å². The molecular weight excluding hydrogens is 272 g/mol. The Labute approximate surface area is 129 Å². The fourth-order valence-electron chi connectivity index (χ4n) is 1.79. The van der Waals surface area contributed by atoms with Crippen molar-refractivity contribution in [2.45, 2.75) is 38.5 Å². The van der Waals surface area contributed by atoms with Crippen LogP contribution in [0.15, 0.2) is 0 Å². The lowest BCUT2D eigenvalue weighted by molar-refractivity contribution is -0.121. The van der Waals surface area contributed by atoms with E-state index in [2.05, 4.69) is 24.3 Å². The van der Waals surface area contributed by atoms with Crippen molar-refractivity contribution < 1.29 is 9.53 Å². The van der Waals surface area contributed by atoms with Crippen LogP contribution in [0.4, 0.5) is 0 Å². The lowest BCUT2D eigenvalue weighted by Gasteiger charge is -2.09. The van der Waals surface area contributed by atoms with E-state index in [1.54, 1.807) is 7.11 Å². The average Bonchev–Trinajstić information content (AvgIpc) is 2.41. The van der Waals surface area contributed by atoms with Gasteiger partial charge in [-0.3, -0.25) is 4.79 Å². The van der Waals surface area contributed by atoms with Gasteiger partial charge in [0.1, 0.15) is 0 Å². The van der Waals surface area contributed by atoms with Crippen LogP contribution in [0.2, 0.25) is 0 Å². The zero-order valence-electron chi connectivity index (χ0n) is 13.5. The third-order valence-corrected chi connectivity index (χ3v) is 4.09. The summed E-state index contributed by atoms with van der Waals surface area (Å²) in [6.07, 6.45) is 6.22. The molecule has 0 spiro atoms. The normalized spacial score (nSPS) is 11.0. The Hall–Kier alpha value is -0.260. The van der Waals surface area contributed by atoms with Gasteiger partial charge >= 0.3 is 0 Å². The summed E-state index contributed by atoms with van der Waals surface area (Å²) in [5, 5.41) is 2.98. The van der Waals surface area contributed by atoms with Crippen LogP contribution in [-0.2, 0) is 9.53 Å². The minimum atomic E-state index is 0.205. The largest absolute Gasteiger partial charge is 0.385 e. The van der Waals surface area contributed by atoms with E-state index in [4.69, 9.17) is 4.74 Å². The van der Waals surface area contributed by atoms with Crippen LogP contribution in [0.5, 0.6) is 0 Å². The van der Waals surface area contributed by atoms with Crippen LogP contribution in [0.25, 0.3) is 0 Å². The van der Waals surface area contributed by atoms with Crippen molar-refractivity contribution in [1.29, 1.82) is 0 Å². The number of hydrogen-bond acceptors (Lipinski definition) is 4. The standard InChI is InChI=1S/C15H32N2O2S/c1-17(2)11-7-10-16-15(18)9-5-4-6-13-20-14-8-12-19-3/h4-14H2,1-3H3,(H,16,18). The molecule has 4 nitrogen and oxygen atoms in total. The molecular formula is C15H32N2O2S. The Morgan fingerprint density at radius 3 is 2.55 bits per heavy atom. The summed E-state index contributed by atoms with van der Waals surface area (Å²) < 4.78 is 5.01. The summed E-state index contributed by atoms with van der Waals surface area (Å²) in [7, 11) is 5.85. The number of nitrogens with one attached hydrogen (secondary N) is 1. The van der Waals surface area contributed by atoms with Gasteiger partial charge in [0.05, 0.1) is 0 Å². The fourth-order valence-corrected chi connectivity index (χ4v) is 2.72. The van der Waals surface area contributed by atoms with Gasteiger partial charge in [0.25, 0.3) is 0 Å². The summed E-state index contributed by atoms with van der Waals surface area (Å²) >= 11 is 1.99. The first-order chi connectivity index (χ1) is 9.66. The topological polar surface area (TPSA) is 41.6 Å². The lowest BCUT2D eigenvalue weighted by Crippen LogP contribution is -2.26. The molecule has 0 saturated heterocycles. The zero-order chi connectivity index (χ0) is 15.1. The number of hydrogen-bond donors (Lipinski definition) is 1. The van der Waals surface area contributed by atoms with Crippen LogP contribution in [0.3, 0.4) is 0 Å². The number of ether oxygens (including phenoxy) is 1. The van der Waals surface area contributed by atoms with E-state index in [-0.39, 0.29) is 5.91 Å². The van der Waals surface area contributed by atoms with Gasteiger partial charge in [-0.25, -0.2) is 0 Å². The fraction of sp³-hybridized carbons (Fsp3) is 0.933. The highest BCUT2D eigenvalue weighted by Crippen LogP contribution is 2.08. The Balaban J connectivity index is 3.15. The molecule has 0 aromatic heterocycles. The van der Waals surface area contributed by atoms with Crippen molar-refractivity contribution in [1.82, 2.24) is 10.2 Å². The molecule has 0 aliphatic rings. The van der Waals surface area contributed by atoms with Crippen molar-refractivity contribution in [3.05, 3.63) is 0 Å². The highest BCUT2D eigenvalue weighted by molar-refractivity contribution is 7.99. The van der Waals surface area contributed by atoms with Gasteiger partial charge in [0, 0.05) is 26.7 Å². The summed E-state index contributed by atoms with van der Waals surface area (Å²) in [6, 6.07) is 0. The Morgan fingerprint density at radius 1 is 1.10 bits per heavy atom. The van der Waals surface area contributed by atoms with Gasteiger partial charge in [-0.1, -0.05) is 6.42 Å². The van der Waals surface area contributed by atoms with Gasteiger partial charge in [-0.05, 0) is 57.8 Å². The van der Waals surface area contributed by atoms with Crippen molar-refractivity contribution in [3.8, 4) is 0 Å². The molecule has 0 rings (SSSR count). The second kappa shape index (κ2) is 15.1. The van der Waals surface area contributed by atoms with E-state index >= 15 is 0 Å². The number of methoxy groups -OCH3 is 1. The van der Waals surface area contributed by atoms with E-state index in [0.29, 0.717) is 6.42 Å². The number of thioether (sulfide) groups is 1.